The van der Waals surface area contributed by atoms with E-state index in [4.69, 9.17) is 5.84 Å². The Hall–Kier alpha value is -1.71. The molecule has 0 spiro atoms. The van der Waals surface area contributed by atoms with Crippen LogP contribution in [0.2, 0.25) is 0 Å². The molecule has 2 aromatic rings. The lowest BCUT2D eigenvalue weighted by molar-refractivity contribution is 0.414. The van der Waals surface area contributed by atoms with Crippen LogP contribution in [0.25, 0.3) is 0 Å². The molecule has 104 valence electrons. The molecule has 3 N–H and O–H groups in total. The first-order valence-corrected chi connectivity index (χ1v) is 7.10. The summed E-state index contributed by atoms with van der Waals surface area (Å²) in [5, 5.41) is 0. The SMILES string of the molecule is NNC(c1ccc(F)cc1)c1ccccc1C1CCC1. The van der Waals surface area contributed by atoms with E-state index in [0.717, 1.165) is 5.56 Å². The van der Waals surface area contributed by atoms with E-state index in [2.05, 4.69) is 23.6 Å². The second-order valence-corrected chi connectivity index (χ2v) is 5.41. The summed E-state index contributed by atoms with van der Waals surface area (Å²) in [6.45, 7) is 0. The zero-order valence-electron chi connectivity index (χ0n) is 11.4. The number of hydrogen-bond acceptors (Lipinski definition) is 2. The molecule has 2 nitrogen and oxygen atoms in total. The van der Waals surface area contributed by atoms with Gasteiger partial charge in [0.2, 0.25) is 0 Å². The molecule has 0 amide bonds. The van der Waals surface area contributed by atoms with Crippen LogP contribution in [-0.2, 0) is 0 Å². The molecule has 1 aliphatic rings. The van der Waals surface area contributed by atoms with Gasteiger partial charge in [-0.2, -0.15) is 0 Å². The van der Waals surface area contributed by atoms with Gasteiger partial charge in [-0.25, -0.2) is 9.82 Å². The van der Waals surface area contributed by atoms with Gasteiger partial charge in [0, 0.05) is 0 Å². The highest BCUT2D eigenvalue weighted by Crippen LogP contribution is 2.40. The number of nitrogens with one attached hydrogen (secondary N) is 1. The van der Waals surface area contributed by atoms with Gasteiger partial charge in [-0.15, -0.1) is 0 Å². The van der Waals surface area contributed by atoms with Crippen LogP contribution >= 0.6 is 0 Å². The largest absolute Gasteiger partial charge is 0.271 e. The Kier molecular flexibility index (Phi) is 3.81. The van der Waals surface area contributed by atoms with E-state index in [-0.39, 0.29) is 11.9 Å². The van der Waals surface area contributed by atoms with Gasteiger partial charge in [-0.05, 0) is 47.6 Å². The molecule has 0 aliphatic heterocycles. The van der Waals surface area contributed by atoms with E-state index in [1.807, 2.05) is 6.07 Å². The minimum Gasteiger partial charge on any atom is -0.271 e. The summed E-state index contributed by atoms with van der Waals surface area (Å²) in [6, 6.07) is 14.9. The highest BCUT2D eigenvalue weighted by Gasteiger charge is 2.25. The van der Waals surface area contributed by atoms with Crippen LogP contribution < -0.4 is 11.3 Å². The van der Waals surface area contributed by atoms with Crippen LogP contribution in [0.5, 0.6) is 0 Å². The Morgan fingerprint density at radius 3 is 2.35 bits per heavy atom. The minimum atomic E-state index is -0.225. The fourth-order valence-electron chi connectivity index (χ4n) is 2.89. The Labute approximate surface area is 118 Å². The monoisotopic (exact) mass is 270 g/mol. The predicted octanol–water partition coefficient (Wildman–Crippen LogP) is 3.65. The summed E-state index contributed by atoms with van der Waals surface area (Å²) in [5.41, 5.74) is 6.43. The standard InChI is InChI=1S/C17H19FN2/c18-14-10-8-13(9-11-14)17(20-19)16-7-2-1-6-15(16)12-4-3-5-12/h1-2,6-12,17,20H,3-5,19H2. The first kappa shape index (κ1) is 13.3. The van der Waals surface area contributed by atoms with Crippen molar-refractivity contribution in [1.82, 2.24) is 5.43 Å². The maximum atomic E-state index is 13.1. The van der Waals surface area contributed by atoms with Crippen molar-refractivity contribution in [3.63, 3.8) is 0 Å². The summed E-state index contributed by atoms with van der Waals surface area (Å²) >= 11 is 0. The Morgan fingerprint density at radius 2 is 1.75 bits per heavy atom. The van der Waals surface area contributed by atoms with Crippen molar-refractivity contribution in [2.24, 2.45) is 5.84 Å². The van der Waals surface area contributed by atoms with E-state index in [9.17, 15) is 4.39 Å². The van der Waals surface area contributed by atoms with Crippen molar-refractivity contribution < 1.29 is 4.39 Å². The molecular formula is C17H19FN2. The topological polar surface area (TPSA) is 38.0 Å². The van der Waals surface area contributed by atoms with Crippen LogP contribution in [0.15, 0.2) is 48.5 Å². The van der Waals surface area contributed by atoms with Crippen LogP contribution in [-0.4, -0.2) is 0 Å². The number of halogens is 1. The molecule has 1 fully saturated rings. The lowest BCUT2D eigenvalue weighted by atomic mass is 9.76. The molecule has 3 heteroatoms. The number of hydrogen-bond donors (Lipinski definition) is 2. The van der Waals surface area contributed by atoms with Crippen molar-refractivity contribution in [1.29, 1.82) is 0 Å². The molecule has 1 atom stereocenters. The van der Waals surface area contributed by atoms with Gasteiger partial charge < -0.3 is 0 Å². The summed E-state index contributed by atoms with van der Waals surface area (Å²) in [4.78, 5) is 0. The maximum Gasteiger partial charge on any atom is 0.123 e. The Bertz CT molecular complexity index is 576. The van der Waals surface area contributed by atoms with E-state index >= 15 is 0 Å². The van der Waals surface area contributed by atoms with E-state index in [1.54, 1.807) is 12.1 Å². The molecule has 0 heterocycles. The summed E-state index contributed by atoms with van der Waals surface area (Å²) in [6.07, 6.45) is 3.80. The molecular weight excluding hydrogens is 251 g/mol. The molecule has 0 saturated heterocycles. The second-order valence-electron chi connectivity index (χ2n) is 5.41. The van der Waals surface area contributed by atoms with Crippen molar-refractivity contribution in [3.8, 4) is 0 Å². The highest BCUT2D eigenvalue weighted by atomic mass is 19.1. The smallest absolute Gasteiger partial charge is 0.123 e. The molecule has 1 saturated carbocycles. The zero-order valence-corrected chi connectivity index (χ0v) is 11.4. The summed E-state index contributed by atoms with van der Waals surface area (Å²) in [5.74, 6) is 6.18. The van der Waals surface area contributed by atoms with E-state index in [0.29, 0.717) is 5.92 Å². The van der Waals surface area contributed by atoms with Crippen LogP contribution in [0.4, 0.5) is 4.39 Å². The third kappa shape index (κ3) is 2.47. The van der Waals surface area contributed by atoms with Crippen molar-refractivity contribution in [3.05, 3.63) is 71.0 Å². The van der Waals surface area contributed by atoms with Crippen molar-refractivity contribution in [2.75, 3.05) is 0 Å². The molecule has 20 heavy (non-hydrogen) atoms. The predicted molar refractivity (Wildman–Crippen MR) is 78.6 cm³/mol. The Morgan fingerprint density at radius 1 is 1.05 bits per heavy atom. The lowest BCUT2D eigenvalue weighted by Crippen LogP contribution is -2.30. The first-order chi connectivity index (χ1) is 9.79. The van der Waals surface area contributed by atoms with Crippen LogP contribution in [0.1, 0.15) is 47.9 Å². The second kappa shape index (κ2) is 5.73. The minimum absolute atomic E-state index is 0.0904. The number of rotatable bonds is 4. The lowest BCUT2D eigenvalue weighted by Gasteiger charge is -2.30. The first-order valence-electron chi connectivity index (χ1n) is 7.10. The molecule has 0 aromatic heterocycles. The molecule has 2 aromatic carbocycles. The van der Waals surface area contributed by atoms with Gasteiger partial charge in [-0.3, -0.25) is 5.84 Å². The van der Waals surface area contributed by atoms with Gasteiger partial charge in [0.15, 0.2) is 0 Å². The van der Waals surface area contributed by atoms with Gasteiger partial charge in [0.05, 0.1) is 6.04 Å². The molecule has 0 radical (unpaired) electrons. The van der Waals surface area contributed by atoms with E-state index in [1.165, 1.54) is 42.5 Å². The fraction of sp³-hybridized carbons (Fsp3) is 0.294. The van der Waals surface area contributed by atoms with Crippen molar-refractivity contribution >= 4 is 0 Å². The summed E-state index contributed by atoms with van der Waals surface area (Å²) in [7, 11) is 0. The van der Waals surface area contributed by atoms with Gasteiger partial charge in [0.25, 0.3) is 0 Å². The van der Waals surface area contributed by atoms with Gasteiger partial charge >= 0.3 is 0 Å². The van der Waals surface area contributed by atoms with E-state index < -0.39 is 0 Å². The Balaban J connectivity index is 1.98. The average Bonchev–Trinajstić information content (AvgIpc) is 2.41. The van der Waals surface area contributed by atoms with Gasteiger partial charge in [0.1, 0.15) is 5.82 Å². The summed E-state index contributed by atoms with van der Waals surface area (Å²) < 4.78 is 13.1. The third-order valence-corrected chi connectivity index (χ3v) is 4.22. The number of benzene rings is 2. The van der Waals surface area contributed by atoms with Crippen LogP contribution in [0, 0.1) is 5.82 Å². The van der Waals surface area contributed by atoms with Crippen LogP contribution in [0.3, 0.4) is 0 Å². The molecule has 3 rings (SSSR count). The molecule has 1 unspecified atom stereocenters. The average molecular weight is 270 g/mol. The zero-order chi connectivity index (χ0) is 13.9. The van der Waals surface area contributed by atoms with Gasteiger partial charge in [-0.1, -0.05) is 42.8 Å². The quantitative estimate of drug-likeness (QED) is 0.657. The molecule has 0 bridgehead atoms. The number of nitrogens with two attached hydrogens (primary N) is 1. The van der Waals surface area contributed by atoms with Crippen molar-refractivity contribution in [2.45, 2.75) is 31.2 Å². The highest BCUT2D eigenvalue weighted by molar-refractivity contribution is 5.39. The third-order valence-electron chi connectivity index (χ3n) is 4.22. The molecule has 1 aliphatic carbocycles. The number of hydrazine groups is 1. The fourth-order valence-corrected chi connectivity index (χ4v) is 2.89. The normalized spacial score (nSPS) is 16.7. The maximum absolute atomic E-state index is 13.1.